The Labute approximate surface area is 126 Å². The van der Waals surface area contributed by atoms with Gasteiger partial charge in [-0.15, -0.1) is 0 Å². The van der Waals surface area contributed by atoms with Crippen LogP contribution in [0.15, 0.2) is 0 Å². The minimum absolute atomic E-state index is 0. The second kappa shape index (κ2) is 25.8. The third kappa shape index (κ3) is 18.5. The molecule has 0 unspecified atom stereocenters. The molecule has 5 heteroatoms. The summed E-state index contributed by atoms with van der Waals surface area (Å²) in [5.41, 5.74) is 0. The second-order valence-corrected chi connectivity index (χ2v) is 0. The third-order valence-electron chi connectivity index (χ3n) is 0. The van der Waals surface area contributed by atoms with E-state index in [1.807, 2.05) is 0 Å². The Hall–Kier alpha value is 3.54. The summed E-state index contributed by atoms with van der Waals surface area (Å²) < 4.78 is 8.17. The van der Waals surface area contributed by atoms with Crippen LogP contribution in [-0.4, -0.2) is 16.2 Å². The molecule has 0 saturated heterocycles. The predicted octanol–water partition coefficient (Wildman–Crippen LogP) is -6.11. The molecular weight excluding hydrogens is 140 g/mol. The van der Waals surface area contributed by atoms with Gasteiger partial charge in [-0.2, -0.15) is 0 Å². The quantitative estimate of drug-likeness (QED) is 0.308. The molecule has 5 heavy (non-hydrogen) atoms. The van der Waals surface area contributed by atoms with E-state index in [1.54, 1.807) is 0 Å². The topological polar surface area (TPSA) is 17.1 Å². The molecule has 0 aromatic carbocycles. The molecule has 0 rings (SSSR count). The van der Waals surface area contributed by atoms with Crippen LogP contribution in [0.5, 0.6) is 0 Å². The van der Waals surface area contributed by atoms with Crippen LogP contribution in [0.25, 0.3) is 0 Å². The average Bonchev–Trinajstić information content (AvgIpc) is 1.00. The Morgan fingerprint density at radius 1 is 1.20 bits per heavy atom. The third-order valence-corrected chi connectivity index (χ3v) is 0. The Kier molecular flexibility index (Phi) is 121. The van der Waals surface area contributed by atoms with E-state index >= 15 is 0 Å². The van der Waals surface area contributed by atoms with E-state index in [1.165, 1.54) is 16.2 Å². The fourth-order valence-electron chi connectivity index (χ4n) is 0. The fraction of sp³-hybridized carbons (Fsp3) is 0. The molecule has 0 N–H and O–H groups in total. The normalized spacial score (nSPS) is 0.600. The molecule has 0 saturated carbocycles. The van der Waals surface area contributed by atoms with Crippen molar-refractivity contribution in [2.45, 2.75) is 0 Å². The van der Waals surface area contributed by atoms with Crippen LogP contribution in [0.2, 0.25) is 0 Å². The first kappa shape index (κ1) is 23.6. The van der Waals surface area contributed by atoms with E-state index in [9.17, 15) is 0 Å². The summed E-state index contributed by atoms with van der Waals surface area (Å²) in [6, 6.07) is 0. The van der Waals surface area contributed by atoms with Gasteiger partial charge in [-0.3, -0.25) is 4.70 Å². The molecular formula is H3AlFK2O. The average molecular weight is 143 g/mol. The SMILES string of the molecule is F.[H-].[H-].[K+].[K+].[O]=[Al]. The standard InChI is InChI=1S/Al.FH.2K.O.2H/h;1H;;;;;/q;;2*+1;;2*-1. The molecule has 0 bridgehead atoms. The Balaban J connectivity index is -0.000000000500. The van der Waals surface area contributed by atoms with E-state index in [0.29, 0.717) is 0 Å². The first-order valence-corrected chi connectivity index (χ1v) is 0.707. The van der Waals surface area contributed by atoms with Gasteiger partial charge in [0.15, 0.2) is 0 Å². The number of rotatable bonds is 0. The maximum absolute atomic E-state index is 8.17. The monoisotopic (exact) mass is 143 g/mol. The zero-order valence-electron chi connectivity index (χ0n) is 5.39. The van der Waals surface area contributed by atoms with Crippen molar-refractivity contribution >= 4 is 16.2 Å². The molecule has 21 valence electrons. The van der Waals surface area contributed by atoms with Gasteiger partial charge in [-0.25, -0.2) is 0 Å². The summed E-state index contributed by atoms with van der Waals surface area (Å²) in [6.45, 7) is 0. The Morgan fingerprint density at radius 2 is 1.20 bits per heavy atom. The van der Waals surface area contributed by atoms with Crippen molar-refractivity contribution in [2.24, 2.45) is 0 Å². The zero-order chi connectivity index (χ0) is 2.00. The van der Waals surface area contributed by atoms with Crippen molar-refractivity contribution < 1.29 is 114 Å². The van der Waals surface area contributed by atoms with Crippen molar-refractivity contribution in [3.63, 3.8) is 0 Å². The molecule has 0 aromatic rings. The van der Waals surface area contributed by atoms with Crippen molar-refractivity contribution in [3.05, 3.63) is 0 Å². The van der Waals surface area contributed by atoms with Crippen molar-refractivity contribution in [3.8, 4) is 0 Å². The molecule has 0 aliphatic carbocycles. The first-order chi connectivity index (χ1) is 1.00. The van der Waals surface area contributed by atoms with Gasteiger partial charge in [0.05, 0.1) is 0 Å². The zero-order valence-corrected chi connectivity index (χ0v) is 10.8. The molecule has 0 aromatic heterocycles. The molecule has 0 aliphatic heterocycles. The van der Waals surface area contributed by atoms with Crippen LogP contribution in [0.4, 0.5) is 4.70 Å². The summed E-state index contributed by atoms with van der Waals surface area (Å²) in [5.74, 6) is 0. The van der Waals surface area contributed by atoms with Crippen LogP contribution >= 0.6 is 0 Å². The van der Waals surface area contributed by atoms with Crippen molar-refractivity contribution in [2.75, 3.05) is 0 Å². The predicted molar refractivity (Wildman–Crippen MR) is 11.2 cm³/mol. The van der Waals surface area contributed by atoms with E-state index in [4.69, 9.17) is 3.80 Å². The van der Waals surface area contributed by atoms with E-state index in [-0.39, 0.29) is 110 Å². The van der Waals surface area contributed by atoms with Crippen LogP contribution in [0.3, 0.4) is 0 Å². The molecule has 0 aliphatic rings. The molecule has 0 amide bonds. The van der Waals surface area contributed by atoms with Gasteiger partial charge in [0.25, 0.3) is 0 Å². The molecule has 0 atom stereocenters. The molecule has 0 heterocycles. The van der Waals surface area contributed by atoms with Gasteiger partial charge in [0.1, 0.15) is 0 Å². The molecule has 0 fully saturated rings. The molecule has 1 radical (unpaired) electrons. The Morgan fingerprint density at radius 3 is 1.20 bits per heavy atom. The van der Waals surface area contributed by atoms with Gasteiger partial charge < -0.3 is 2.85 Å². The van der Waals surface area contributed by atoms with Crippen molar-refractivity contribution in [1.29, 1.82) is 0 Å². The summed E-state index contributed by atoms with van der Waals surface area (Å²) in [7, 11) is 0. The van der Waals surface area contributed by atoms with Crippen molar-refractivity contribution in [1.82, 2.24) is 0 Å². The second-order valence-electron chi connectivity index (χ2n) is 0. The van der Waals surface area contributed by atoms with Gasteiger partial charge >= 0.3 is 123 Å². The number of halogens is 1. The van der Waals surface area contributed by atoms with Gasteiger partial charge in [0.2, 0.25) is 0 Å². The molecule has 1 nitrogen and oxygen atoms in total. The minimum atomic E-state index is 0. The Bertz CT molecular complexity index is 15.7. The number of hydrogen-bond acceptors (Lipinski definition) is 1. The van der Waals surface area contributed by atoms with Gasteiger partial charge in [0, 0.05) is 0 Å². The first-order valence-electron chi connectivity index (χ1n) is 0.236. The van der Waals surface area contributed by atoms with Crippen LogP contribution < -0.4 is 103 Å². The van der Waals surface area contributed by atoms with Crippen LogP contribution in [0.1, 0.15) is 2.85 Å². The molecule has 0 spiro atoms. The number of hydrogen-bond donors (Lipinski definition) is 0. The van der Waals surface area contributed by atoms with Crippen LogP contribution in [-0.2, 0) is 3.80 Å². The summed E-state index contributed by atoms with van der Waals surface area (Å²) in [4.78, 5) is 0. The summed E-state index contributed by atoms with van der Waals surface area (Å²) in [5, 5.41) is 0. The van der Waals surface area contributed by atoms with E-state index in [2.05, 4.69) is 0 Å². The van der Waals surface area contributed by atoms with Gasteiger partial charge in [-0.1, -0.05) is 0 Å². The maximum atomic E-state index is 8.17. The van der Waals surface area contributed by atoms with E-state index in [0.717, 1.165) is 0 Å². The van der Waals surface area contributed by atoms with Gasteiger partial charge in [-0.05, 0) is 0 Å². The summed E-state index contributed by atoms with van der Waals surface area (Å²) >= 11 is 1.17. The van der Waals surface area contributed by atoms with E-state index < -0.39 is 0 Å². The fourth-order valence-corrected chi connectivity index (χ4v) is 0. The summed E-state index contributed by atoms with van der Waals surface area (Å²) in [6.07, 6.45) is 0. The van der Waals surface area contributed by atoms with Crippen LogP contribution in [0, 0.1) is 0 Å².